The number of methoxy groups -OCH3 is 1. The highest BCUT2D eigenvalue weighted by Gasteiger charge is 2.42. The number of halogens is 3. The van der Waals surface area contributed by atoms with E-state index in [9.17, 15) is 18.3 Å². The summed E-state index contributed by atoms with van der Waals surface area (Å²) in [6.45, 7) is 1.91. The maximum Gasteiger partial charge on any atom is 0.391 e. The van der Waals surface area contributed by atoms with E-state index in [4.69, 9.17) is 4.74 Å². The molecule has 2 rings (SSSR count). The molecule has 21 heavy (non-hydrogen) atoms. The Hall–Kier alpha value is -1.23. The summed E-state index contributed by atoms with van der Waals surface area (Å²) in [5.74, 6) is -0.773. The van der Waals surface area contributed by atoms with Crippen molar-refractivity contribution in [3.05, 3.63) is 29.3 Å². The first-order valence-electron chi connectivity index (χ1n) is 7.22. The van der Waals surface area contributed by atoms with Crippen molar-refractivity contribution in [2.75, 3.05) is 7.11 Å². The maximum absolute atomic E-state index is 12.7. The van der Waals surface area contributed by atoms with Crippen molar-refractivity contribution < 1.29 is 23.0 Å². The minimum Gasteiger partial charge on any atom is -0.496 e. The molecule has 0 spiro atoms. The van der Waals surface area contributed by atoms with Crippen LogP contribution in [0, 0.1) is 18.8 Å². The van der Waals surface area contributed by atoms with Crippen LogP contribution in [0.1, 0.15) is 42.9 Å². The normalized spacial score (nSPS) is 24.7. The van der Waals surface area contributed by atoms with Gasteiger partial charge in [-0.3, -0.25) is 0 Å². The van der Waals surface area contributed by atoms with Crippen molar-refractivity contribution in [1.82, 2.24) is 0 Å². The Morgan fingerprint density at radius 2 is 1.81 bits per heavy atom. The molecule has 1 aromatic carbocycles. The summed E-state index contributed by atoms with van der Waals surface area (Å²) in [6.07, 6.45) is -3.91. The van der Waals surface area contributed by atoms with Crippen molar-refractivity contribution in [3.63, 3.8) is 0 Å². The van der Waals surface area contributed by atoms with Crippen LogP contribution in [0.5, 0.6) is 5.75 Å². The smallest absolute Gasteiger partial charge is 0.391 e. The summed E-state index contributed by atoms with van der Waals surface area (Å²) in [5, 5.41) is 10.5. The number of hydrogen-bond acceptors (Lipinski definition) is 2. The number of ether oxygens (including phenoxy) is 1. The van der Waals surface area contributed by atoms with Crippen LogP contribution in [0.15, 0.2) is 18.2 Å². The van der Waals surface area contributed by atoms with Crippen LogP contribution in [0.3, 0.4) is 0 Å². The average Bonchev–Trinajstić information content (AvgIpc) is 2.45. The van der Waals surface area contributed by atoms with Gasteiger partial charge >= 0.3 is 6.18 Å². The number of aliphatic hydroxyl groups is 1. The van der Waals surface area contributed by atoms with Gasteiger partial charge in [0.15, 0.2) is 0 Å². The minimum atomic E-state index is -4.11. The average molecular weight is 302 g/mol. The van der Waals surface area contributed by atoms with Gasteiger partial charge in [0.25, 0.3) is 0 Å². The fourth-order valence-corrected chi connectivity index (χ4v) is 3.10. The van der Waals surface area contributed by atoms with Gasteiger partial charge in [-0.2, -0.15) is 13.2 Å². The molecule has 0 radical (unpaired) electrons. The van der Waals surface area contributed by atoms with E-state index >= 15 is 0 Å². The van der Waals surface area contributed by atoms with E-state index in [2.05, 4.69) is 0 Å². The molecule has 1 fully saturated rings. The summed E-state index contributed by atoms with van der Waals surface area (Å²) in [5.41, 5.74) is 1.67. The van der Waals surface area contributed by atoms with Crippen molar-refractivity contribution >= 4 is 0 Å². The molecular weight excluding hydrogens is 281 g/mol. The number of benzene rings is 1. The Morgan fingerprint density at radius 1 is 1.19 bits per heavy atom. The zero-order valence-electron chi connectivity index (χ0n) is 12.3. The zero-order valence-corrected chi connectivity index (χ0v) is 12.3. The molecule has 0 saturated heterocycles. The molecule has 0 aromatic heterocycles. The van der Waals surface area contributed by atoms with Crippen molar-refractivity contribution in [3.8, 4) is 5.75 Å². The molecule has 1 aromatic rings. The number of aryl methyl sites for hydroxylation is 1. The minimum absolute atomic E-state index is 0.0966. The third kappa shape index (κ3) is 3.70. The Balaban J connectivity index is 2.08. The second kappa shape index (κ2) is 6.26. The summed E-state index contributed by atoms with van der Waals surface area (Å²) in [6, 6.07) is 5.52. The first-order chi connectivity index (χ1) is 9.82. The monoisotopic (exact) mass is 302 g/mol. The summed E-state index contributed by atoms with van der Waals surface area (Å²) < 4.78 is 43.3. The first-order valence-corrected chi connectivity index (χ1v) is 7.22. The highest BCUT2D eigenvalue weighted by atomic mass is 19.4. The Labute approximate surface area is 122 Å². The Bertz CT molecular complexity index is 477. The van der Waals surface area contributed by atoms with Crippen LogP contribution in [0.4, 0.5) is 13.2 Å². The van der Waals surface area contributed by atoms with Crippen LogP contribution in [-0.2, 0) is 0 Å². The maximum atomic E-state index is 12.7. The lowest BCUT2D eigenvalue weighted by Crippen LogP contribution is -2.29. The molecule has 1 atom stereocenters. The number of rotatable bonds is 3. The van der Waals surface area contributed by atoms with Gasteiger partial charge in [0.05, 0.1) is 19.1 Å². The third-order valence-electron chi connectivity index (χ3n) is 4.39. The molecule has 5 heteroatoms. The zero-order chi connectivity index (χ0) is 15.6. The molecule has 1 aliphatic rings. The molecule has 0 bridgehead atoms. The van der Waals surface area contributed by atoms with Gasteiger partial charge < -0.3 is 9.84 Å². The van der Waals surface area contributed by atoms with E-state index in [0.717, 1.165) is 5.56 Å². The van der Waals surface area contributed by atoms with Crippen molar-refractivity contribution in [1.29, 1.82) is 0 Å². The van der Waals surface area contributed by atoms with E-state index in [1.807, 2.05) is 19.1 Å². The lowest BCUT2D eigenvalue weighted by atomic mass is 9.77. The highest BCUT2D eigenvalue weighted by Crippen LogP contribution is 2.44. The van der Waals surface area contributed by atoms with Crippen molar-refractivity contribution in [2.24, 2.45) is 11.8 Å². The van der Waals surface area contributed by atoms with Crippen LogP contribution in [-0.4, -0.2) is 18.4 Å². The molecule has 1 saturated carbocycles. The molecule has 0 aliphatic heterocycles. The molecule has 1 aliphatic carbocycles. The van der Waals surface area contributed by atoms with E-state index in [1.54, 1.807) is 6.07 Å². The quantitative estimate of drug-likeness (QED) is 0.896. The fraction of sp³-hybridized carbons (Fsp3) is 0.625. The molecule has 0 amide bonds. The number of aliphatic hydroxyl groups excluding tert-OH is 1. The van der Waals surface area contributed by atoms with Gasteiger partial charge in [-0.1, -0.05) is 11.6 Å². The molecule has 118 valence electrons. The molecule has 1 unspecified atom stereocenters. The summed E-state index contributed by atoms with van der Waals surface area (Å²) >= 11 is 0. The largest absolute Gasteiger partial charge is 0.496 e. The Morgan fingerprint density at radius 3 is 2.33 bits per heavy atom. The van der Waals surface area contributed by atoms with Crippen molar-refractivity contribution in [2.45, 2.75) is 44.9 Å². The summed E-state index contributed by atoms with van der Waals surface area (Å²) in [7, 11) is 1.53. The predicted molar refractivity (Wildman–Crippen MR) is 74.2 cm³/mol. The van der Waals surface area contributed by atoms with Gasteiger partial charge in [0, 0.05) is 5.56 Å². The molecule has 2 nitrogen and oxygen atoms in total. The van der Waals surface area contributed by atoms with Gasteiger partial charge in [0.2, 0.25) is 0 Å². The van der Waals surface area contributed by atoms with Crippen LogP contribution >= 0.6 is 0 Å². The predicted octanol–water partition coefficient (Wildman–Crippen LogP) is 4.41. The Kier molecular flexibility index (Phi) is 4.81. The fourth-order valence-electron chi connectivity index (χ4n) is 3.10. The molecule has 1 N–H and O–H groups in total. The van der Waals surface area contributed by atoms with Gasteiger partial charge in [-0.15, -0.1) is 0 Å². The van der Waals surface area contributed by atoms with E-state index in [-0.39, 0.29) is 18.8 Å². The topological polar surface area (TPSA) is 29.5 Å². The van der Waals surface area contributed by atoms with Gasteiger partial charge in [-0.05, 0) is 50.7 Å². The van der Waals surface area contributed by atoms with Crippen LogP contribution in [0.2, 0.25) is 0 Å². The lowest BCUT2D eigenvalue weighted by Gasteiger charge is -2.33. The number of hydrogen-bond donors (Lipinski definition) is 1. The standard InChI is InChI=1S/C16H21F3O2/c1-10-3-8-14(21-2)13(9-10)15(20)11-4-6-12(7-5-11)16(17,18)19/h3,8-9,11-12,15,20H,4-7H2,1-2H3. The second-order valence-electron chi connectivity index (χ2n) is 5.84. The van der Waals surface area contributed by atoms with Gasteiger partial charge in [0.1, 0.15) is 5.75 Å². The lowest BCUT2D eigenvalue weighted by molar-refractivity contribution is -0.185. The van der Waals surface area contributed by atoms with E-state index in [0.29, 0.717) is 24.2 Å². The first kappa shape index (κ1) is 16.1. The van der Waals surface area contributed by atoms with E-state index in [1.165, 1.54) is 7.11 Å². The SMILES string of the molecule is COc1ccc(C)cc1C(O)C1CCC(C(F)(F)F)CC1. The number of alkyl halides is 3. The van der Waals surface area contributed by atoms with Crippen LogP contribution in [0.25, 0.3) is 0 Å². The molecule has 0 heterocycles. The summed E-state index contributed by atoms with van der Waals surface area (Å²) in [4.78, 5) is 0. The highest BCUT2D eigenvalue weighted by molar-refractivity contribution is 5.38. The van der Waals surface area contributed by atoms with Crippen LogP contribution < -0.4 is 4.74 Å². The third-order valence-corrected chi connectivity index (χ3v) is 4.39. The van der Waals surface area contributed by atoms with E-state index < -0.39 is 18.2 Å². The second-order valence-corrected chi connectivity index (χ2v) is 5.84. The van der Waals surface area contributed by atoms with Gasteiger partial charge in [-0.25, -0.2) is 0 Å². The molecular formula is C16H21F3O2.